The van der Waals surface area contributed by atoms with Crippen LogP contribution in [0.5, 0.6) is 0 Å². The Morgan fingerprint density at radius 3 is 2.81 bits per heavy atom. The molecule has 3 aromatic rings. The van der Waals surface area contributed by atoms with Crippen molar-refractivity contribution in [1.29, 1.82) is 0 Å². The number of aryl methyl sites for hydroxylation is 1. The number of hydrogen-bond donors (Lipinski definition) is 3. The van der Waals surface area contributed by atoms with Crippen molar-refractivity contribution < 1.29 is 0 Å². The minimum Gasteiger partial charge on any atom is -0.299 e. The highest BCUT2D eigenvalue weighted by Crippen LogP contribution is 2.22. The Morgan fingerprint density at radius 2 is 2.00 bits per heavy atom. The van der Waals surface area contributed by atoms with Crippen LogP contribution in [0.1, 0.15) is 16.7 Å². The molecule has 0 saturated carbocycles. The lowest BCUT2D eigenvalue weighted by Crippen LogP contribution is -2.40. The fourth-order valence-electron chi connectivity index (χ4n) is 2.91. The maximum absolute atomic E-state index is 5.69. The van der Waals surface area contributed by atoms with Crippen molar-refractivity contribution in [2.75, 3.05) is 0 Å². The van der Waals surface area contributed by atoms with E-state index in [1.54, 1.807) is 0 Å². The second-order valence-electron chi connectivity index (χ2n) is 6.01. The molecule has 0 atom stereocenters. The zero-order valence-electron chi connectivity index (χ0n) is 14.0. The molecule has 0 radical (unpaired) electrons. The number of benzene rings is 2. The highest BCUT2D eigenvalue weighted by atomic mass is 79.9. The first-order chi connectivity index (χ1) is 12.6. The van der Waals surface area contributed by atoms with Gasteiger partial charge in [0, 0.05) is 10.7 Å². The molecular formula is C18H17BrN6S. The first-order valence-electron chi connectivity index (χ1n) is 8.10. The third-order valence-corrected chi connectivity index (χ3v) is 5.20. The number of halogens is 1. The zero-order chi connectivity index (χ0) is 18.1. The van der Waals surface area contributed by atoms with Crippen LogP contribution in [0.25, 0.3) is 5.69 Å². The van der Waals surface area contributed by atoms with Gasteiger partial charge in [0.05, 0.1) is 17.8 Å². The van der Waals surface area contributed by atoms with Crippen LogP contribution in [-0.2, 0) is 6.54 Å². The van der Waals surface area contributed by atoms with E-state index in [0.29, 0.717) is 11.2 Å². The van der Waals surface area contributed by atoms with Gasteiger partial charge in [0.1, 0.15) is 4.64 Å². The van der Waals surface area contributed by atoms with Crippen LogP contribution in [0.3, 0.4) is 0 Å². The average Bonchev–Trinajstić information content (AvgIpc) is 3.22. The Morgan fingerprint density at radius 1 is 1.15 bits per heavy atom. The van der Waals surface area contributed by atoms with Crippen molar-refractivity contribution in [2.24, 2.45) is 5.10 Å². The first kappa shape index (κ1) is 17.0. The molecule has 6 nitrogen and oxygen atoms in total. The fourth-order valence-corrected chi connectivity index (χ4v) is 3.67. The molecule has 4 rings (SSSR count). The molecule has 1 aliphatic rings. The third-order valence-electron chi connectivity index (χ3n) is 4.13. The number of amidine groups is 1. The SMILES string of the molecule is Cc1cccc(CN2NNN=C2c2c[nH]n(-c3ccccc3Br)c2=S)c1. The summed E-state index contributed by atoms with van der Waals surface area (Å²) in [6.07, 6.45) is 1.87. The fraction of sp³-hybridized carbons (Fsp3) is 0.111. The second-order valence-corrected chi connectivity index (χ2v) is 7.25. The van der Waals surface area contributed by atoms with Crippen LogP contribution in [0.4, 0.5) is 0 Å². The van der Waals surface area contributed by atoms with Crippen LogP contribution in [-0.4, -0.2) is 20.6 Å². The number of aromatic nitrogens is 2. The van der Waals surface area contributed by atoms with E-state index in [4.69, 9.17) is 12.2 Å². The Labute approximate surface area is 164 Å². The van der Waals surface area contributed by atoms with E-state index < -0.39 is 0 Å². The molecular weight excluding hydrogens is 412 g/mol. The topological polar surface area (TPSA) is 60.4 Å². The number of rotatable bonds is 4. The molecule has 1 aliphatic heterocycles. The summed E-state index contributed by atoms with van der Waals surface area (Å²) in [6, 6.07) is 16.3. The maximum atomic E-state index is 5.69. The molecule has 0 saturated heterocycles. The summed E-state index contributed by atoms with van der Waals surface area (Å²) >= 11 is 9.26. The number of hydrazine groups is 2. The molecule has 132 valence electrons. The van der Waals surface area contributed by atoms with Gasteiger partial charge in [-0.15, -0.1) is 10.6 Å². The Balaban J connectivity index is 1.65. The van der Waals surface area contributed by atoms with Crippen LogP contribution in [0.2, 0.25) is 0 Å². The summed E-state index contributed by atoms with van der Waals surface area (Å²) in [5, 5.41) is 9.53. The van der Waals surface area contributed by atoms with Crippen molar-refractivity contribution in [3.05, 3.63) is 80.5 Å². The quantitative estimate of drug-likeness (QED) is 0.553. The van der Waals surface area contributed by atoms with Gasteiger partial charge in [-0.3, -0.25) is 10.1 Å². The van der Waals surface area contributed by atoms with Gasteiger partial charge in [0.25, 0.3) is 0 Å². The summed E-state index contributed by atoms with van der Waals surface area (Å²) in [5.74, 6) is 0.749. The summed E-state index contributed by atoms with van der Waals surface area (Å²) in [4.78, 5) is 0. The Kier molecular flexibility index (Phi) is 4.62. The van der Waals surface area contributed by atoms with Gasteiger partial charge < -0.3 is 0 Å². The third kappa shape index (κ3) is 3.18. The lowest BCUT2D eigenvalue weighted by molar-refractivity contribution is 0.288. The van der Waals surface area contributed by atoms with E-state index in [-0.39, 0.29) is 0 Å². The number of H-pyrrole nitrogens is 1. The minimum atomic E-state index is 0.662. The molecule has 0 spiro atoms. The van der Waals surface area contributed by atoms with Crippen LogP contribution >= 0.6 is 28.1 Å². The number of nitrogens with one attached hydrogen (secondary N) is 3. The standard InChI is InChI=1S/C18H17BrN6S/c1-12-5-4-6-13(9-12)11-24-17(21-22-23-24)14-10-20-25(18(14)26)16-8-3-2-7-15(16)19/h2-10,20,22-23H,11H2,1H3. The summed E-state index contributed by atoms with van der Waals surface area (Å²) in [6.45, 7) is 2.75. The normalized spacial score (nSPS) is 13.6. The molecule has 26 heavy (non-hydrogen) atoms. The predicted octanol–water partition coefficient (Wildman–Crippen LogP) is 3.79. The van der Waals surface area contributed by atoms with Gasteiger partial charge in [-0.1, -0.05) is 54.2 Å². The van der Waals surface area contributed by atoms with E-state index in [2.05, 4.69) is 68.4 Å². The van der Waals surface area contributed by atoms with E-state index in [0.717, 1.165) is 21.6 Å². The van der Waals surface area contributed by atoms with Crippen LogP contribution < -0.4 is 11.1 Å². The van der Waals surface area contributed by atoms with Crippen molar-refractivity contribution >= 4 is 34.0 Å². The van der Waals surface area contributed by atoms with E-state index in [1.807, 2.05) is 40.2 Å². The zero-order valence-corrected chi connectivity index (χ0v) is 16.4. The molecule has 2 aromatic carbocycles. The van der Waals surface area contributed by atoms with Gasteiger partial charge in [0.2, 0.25) is 0 Å². The maximum Gasteiger partial charge on any atom is 0.177 e. The lowest BCUT2D eigenvalue weighted by atomic mass is 10.1. The molecule has 2 heterocycles. The van der Waals surface area contributed by atoms with Crippen molar-refractivity contribution in [3.63, 3.8) is 0 Å². The highest BCUT2D eigenvalue weighted by Gasteiger charge is 2.22. The molecule has 0 aliphatic carbocycles. The molecule has 8 heteroatoms. The van der Waals surface area contributed by atoms with Crippen molar-refractivity contribution in [1.82, 2.24) is 25.9 Å². The number of nitrogens with zero attached hydrogens (tertiary/aromatic N) is 3. The minimum absolute atomic E-state index is 0.662. The van der Waals surface area contributed by atoms with Crippen molar-refractivity contribution in [3.8, 4) is 5.69 Å². The molecule has 1 aromatic heterocycles. The molecule has 0 bridgehead atoms. The molecule has 3 N–H and O–H groups in total. The lowest BCUT2D eigenvalue weighted by Gasteiger charge is -2.18. The number of aromatic amines is 1. The first-order valence-corrected chi connectivity index (χ1v) is 9.31. The van der Waals surface area contributed by atoms with E-state index in [1.165, 1.54) is 11.1 Å². The van der Waals surface area contributed by atoms with Crippen molar-refractivity contribution in [2.45, 2.75) is 13.5 Å². The van der Waals surface area contributed by atoms with Gasteiger partial charge in [-0.25, -0.2) is 10.2 Å². The average molecular weight is 429 g/mol. The summed E-state index contributed by atoms with van der Waals surface area (Å²) in [7, 11) is 0. The second kappa shape index (κ2) is 7.06. The van der Waals surface area contributed by atoms with Gasteiger partial charge >= 0.3 is 0 Å². The Hall–Kier alpha value is -2.42. The molecule has 0 amide bonds. The van der Waals surface area contributed by atoms with Gasteiger partial charge in [-0.2, -0.15) is 0 Å². The Bertz CT molecular complexity index is 1040. The largest absolute Gasteiger partial charge is 0.299 e. The smallest absolute Gasteiger partial charge is 0.177 e. The van der Waals surface area contributed by atoms with Gasteiger partial charge in [0.15, 0.2) is 5.84 Å². The number of hydrazone groups is 1. The number of para-hydroxylation sites is 1. The summed E-state index contributed by atoms with van der Waals surface area (Å²) in [5.41, 5.74) is 10.1. The monoisotopic (exact) mass is 428 g/mol. The van der Waals surface area contributed by atoms with E-state index >= 15 is 0 Å². The van der Waals surface area contributed by atoms with Crippen LogP contribution in [0.15, 0.2) is 64.3 Å². The number of hydrogen-bond acceptors (Lipinski definition) is 5. The highest BCUT2D eigenvalue weighted by molar-refractivity contribution is 9.10. The van der Waals surface area contributed by atoms with Gasteiger partial charge in [-0.05, 0) is 40.5 Å². The van der Waals surface area contributed by atoms with Crippen LogP contribution in [0, 0.1) is 11.6 Å². The molecule has 0 unspecified atom stereocenters. The molecule has 0 fully saturated rings. The summed E-state index contributed by atoms with van der Waals surface area (Å²) < 4.78 is 3.49. The van der Waals surface area contributed by atoms with E-state index in [9.17, 15) is 0 Å². The predicted molar refractivity (Wildman–Crippen MR) is 108 cm³/mol.